The third-order valence-corrected chi connectivity index (χ3v) is 7.45. The number of nitro groups is 1. The van der Waals surface area contributed by atoms with Gasteiger partial charge < -0.3 is 15.7 Å². The Morgan fingerprint density at radius 2 is 1.81 bits per heavy atom. The minimum Gasteiger partial charge on any atom is -0.481 e. The molecule has 0 radical (unpaired) electrons. The van der Waals surface area contributed by atoms with Gasteiger partial charge in [0, 0.05) is 33.7 Å². The first-order valence-electron chi connectivity index (χ1n) is 11.2. The lowest BCUT2D eigenvalue weighted by molar-refractivity contribution is -0.384. The zero-order valence-corrected chi connectivity index (χ0v) is 21.0. The first-order chi connectivity index (χ1) is 17.8. The Labute approximate surface area is 220 Å². The number of thiazole rings is 1. The second-order valence-electron chi connectivity index (χ2n) is 8.19. The molecular formula is C25H22N4O6S2. The van der Waals surface area contributed by atoms with E-state index < -0.39 is 22.7 Å². The second-order valence-corrected chi connectivity index (χ2v) is 10.1. The maximum absolute atomic E-state index is 12.6. The van der Waals surface area contributed by atoms with Crippen LogP contribution in [0.3, 0.4) is 0 Å². The summed E-state index contributed by atoms with van der Waals surface area (Å²) in [6.07, 6.45) is 4.34. The summed E-state index contributed by atoms with van der Waals surface area (Å²) < 4.78 is 0. The van der Waals surface area contributed by atoms with Crippen molar-refractivity contribution in [1.29, 1.82) is 0 Å². The molecule has 2 aromatic carbocycles. The maximum Gasteiger partial charge on any atom is 0.307 e. The van der Waals surface area contributed by atoms with E-state index in [2.05, 4.69) is 15.6 Å². The monoisotopic (exact) mass is 538 g/mol. The molecule has 0 bridgehead atoms. The predicted octanol–water partition coefficient (Wildman–Crippen LogP) is 5.05. The van der Waals surface area contributed by atoms with E-state index in [0.717, 1.165) is 4.90 Å². The standard InChI is InChI=1S/C25H22N4O6S2/c30-22(28-25-27-21(13-37-25)15-4-3-5-17(12-15)29(34)35)14-36-18-10-8-16(9-11-18)26-23(31)19-6-1-2-7-20(19)24(32)33/h1-5,8-13,19-20H,6-7,14H2,(H,26,31)(H,32,33)(H,27,28,30). The number of carboxylic acids is 1. The Kier molecular flexibility index (Phi) is 8.31. The first kappa shape index (κ1) is 26.0. The third kappa shape index (κ3) is 6.80. The van der Waals surface area contributed by atoms with Crippen molar-refractivity contribution in [2.75, 3.05) is 16.4 Å². The van der Waals surface area contributed by atoms with Crippen molar-refractivity contribution >= 4 is 57.4 Å². The predicted molar refractivity (Wildman–Crippen MR) is 142 cm³/mol. The molecule has 3 aromatic rings. The van der Waals surface area contributed by atoms with Crippen LogP contribution in [0.4, 0.5) is 16.5 Å². The maximum atomic E-state index is 12.6. The van der Waals surface area contributed by atoms with Crippen molar-refractivity contribution in [2.45, 2.75) is 17.7 Å². The third-order valence-electron chi connectivity index (χ3n) is 5.68. The van der Waals surface area contributed by atoms with Gasteiger partial charge >= 0.3 is 5.97 Å². The zero-order valence-electron chi connectivity index (χ0n) is 19.3. The van der Waals surface area contributed by atoms with Crippen LogP contribution in [-0.2, 0) is 14.4 Å². The summed E-state index contributed by atoms with van der Waals surface area (Å²) in [4.78, 5) is 52.1. The number of carbonyl (C=O) groups is 3. The van der Waals surface area contributed by atoms with Gasteiger partial charge in [-0.05, 0) is 37.1 Å². The van der Waals surface area contributed by atoms with Crippen LogP contribution < -0.4 is 10.6 Å². The van der Waals surface area contributed by atoms with E-state index in [-0.39, 0.29) is 23.3 Å². The number of nitrogens with one attached hydrogen (secondary N) is 2. The molecule has 2 unspecified atom stereocenters. The highest BCUT2D eigenvalue weighted by Gasteiger charge is 2.33. The lowest BCUT2D eigenvalue weighted by atomic mass is 9.82. The fourth-order valence-electron chi connectivity index (χ4n) is 3.79. The average Bonchev–Trinajstić information content (AvgIpc) is 3.36. The van der Waals surface area contributed by atoms with Gasteiger partial charge in [-0.15, -0.1) is 23.1 Å². The normalized spacial score (nSPS) is 16.6. The Morgan fingerprint density at radius 3 is 2.51 bits per heavy atom. The van der Waals surface area contributed by atoms with Crippen LogP contribution in [0.2, 0.25) is 0 Å². The highest BCUT2D eigenvalue weighted by molar-refractivity contribution is 8.00. The molecule has 1 aromatic heterocycles. The van der Waals surface area contributed by atoms with E-state index in [0.29, 0.717) is 34.9 Å². The first-order valence-corrected chi connectivity index (χ1v) is 13.1. The molecule has 190 valence electrons. The molecule has 3 N–H and O–H groups in total. The highest BCUT2D eigenvalue weighted by atomic mass is 32.2. The van der Waals surface area contributed by atoms with Crippen LogP contribution in [0.5, 0.6) is 0 Å². The summed E-state index contributed by atoms with van der Waals surface area (Å²) in [5, 5.41) is 28.0. The van der Waals surface area contributed by atoms with Crippen molar-refractivity contribution in [1.82, 2.24) is 4.98 Å². The van der Waals surface area contributed by atoms with E-state index in [9.17, 15) is 29.6 Å². The minimum absolute atomic E-state index is 0.0336. The number of carboxylic acid groups (broad SMARTS) is 1. The quantitative estimate of drug-likeness (QED) is 0.148. The summed E-state index contributed by atoms with van der Waals surface area (Å²) in [7, 11) is 0. The molecule has 0 saturated carbocycles. The van der Waals surface area contributed by atoms with E-state index in [1.54, 1.807) is 47.9 Å². The van der Waals surface area contributed by atoms with Gasteiger partial charge in [-0.3, -0.25) is 24.5 Å². The smallest absolute Gasteiger partial charge is 0.307 e. The number of carbonyl (C=O) groups excluding carboxylic acids is 2. The van der Waals surface area contributed by atoms with Gasteiger partial charge in [0.15, 0.2) is 5.13 Å². The SMILES string of the molecule is O=C(CSc1ccc(NC(=O)C2CC=CCC2C(=O)O)cc1)Nc1nc(-c2cccc([N+](=O)[O-])c2)cs1. The van der Waals surface area contributed by atoms with Crippen molar-refractivity contribution in [3.63, 3.8) is 0 Å². The number of non-ortho nitro benzene ring substituents is 1. The number of amides is 2. The number of benzene rings is 2. The van der Waals surface area contributed by atoms with Crippen molar-refractivity contribution in [3.05, 3.63) is 76.2 Å². The Hall–Kier alpha value is -4.03. The van der Waals surface area contributed by atoms with Crippen molar-refractivity contribution in [3.8, 4) is 11.3 Å². The number of rotatable bonds is 9. The molecule has 1 heterocycles. The van der Waals surface area contributed by atoms with Crippen LogP contribution >= 0.6 is 23.1 Å². The van der Waals surface area contributed by atoms with Gasteiger partial charge in [0.25, 0.3) is 5.69 Å². The molecule has 0 saturated heterocycles. The molecule has 1 aliphatic carbocycles. The van der Waals surface area contributed by atoms with Gasteiger partial charge in [-0.25, -0.2) is 4.98 Å². The van der Waals surface area contributed by atoms with E-state index in [1.165, 1.54) is 35.2 Å². The fourth-order valence-corrected chi connectivity index (χ4v) is 5.23. The molecule has 4 rings (SSSR count). The van der Waals surface area contributed by atoms with Crippen LogP contribution in [0, 0.1) is 22.0 Å². The van der Waals surface area contributed by atoms with Crippen LogP contribution in [-0.4, -0.2) is 38.6 Å². The van der Waals surface area contributed by atoms with Crippen molar-refractivity contribution in [2.24, 2.45) is 11.8 Å². The topological polar surface area (TPSA) is 152 Å². The number of allylic oxidation sites excluding steroid dienone is 2. The minimum atomic E-state index is -0.979. The van der Waals surface area contributed by atoms with Gasteiger partial charge in [0.2, 0.25) is 11.8 Å². The van der Waals surface area contributed by atoms with E-state index in [4.69, 9.17) is 0 Å². The number of aliphatic carboxylic acids is 1. The number of nitro benzene ring substituents is 1. The van der Waals surface area contributed by atoms with Crippen molar-refractivity contribution < 1.29 is 24.4 Å². The summed E-state index contributed by atoms with van der Waals surface area (Å²) >= 11 is 2.53. The van der Waals surface area contributed by atoms with Gasteiger partial charge in [-0.1, -0.05) is 24.3 Å². The van der Waals surface area contributed by atoms with Gasteiger partial charge in [-0.2, -0.15) is 0 Å². The van der Waals surface area contributed by atoms with Crippen LogP contribution in [0.15, 0.2) is 71.0 Å². The van der Waals surface area contributed by atoms with Gasteiger partial charge in [0.05, 0.1) is 28.2 Å². The van der Waals surface area contributed by atoms with Crippen LogP contribution in [0.1, 0.15) is 12.8 Å². The number of thioether (sulfide) groups is 1. The molecule has 2 amide bonds. The molecule has 1 aliphatic rings. The number of hydrogen-bond donors (Lipinski definition) is 3. The van der Waals surface area contributed by atoms with Crippen LogP contribution in [0.25, 0.3) is 11.3 Å². The summed E-state index contributed by atoms with van der Waals surface area (Å²) in [6, 6.07) is 13.1. The fraction of sp³-hybridized carbons (Fsp3) is 0.200. The lowest BCUT2D eigenvalue weighted by Gasteiger charge is -2.24. The summed E-state index contributed by atoms with van der Waals surface area (Å²) in [6.45, 7) is 0. The molecule has 12 heteroatoms. The number of aromatic nitrogens is 1. The lowest BCUT2D eigenvalue weighted by Crippen LogP contribution is -2.34. The molecule has 0 aliphatic heterocycles. The number of hydrogen-bond acceptors (Lipinski definition) is 8. The Bertz CT molecular complexity index is 1360. The Balaban J connectivity index is 1.28. The molecule has 0 fully saturated rings. The Morgan fingerprint density at radius 1 is 1.08 bits per heavy atom. The molecule has 0 spiro atoms. The average molecular weight is 539 g/mol. The molecule has 10 nitrogen and oxygen atoms in total. The van der Waals surface area contributed by atoms with E-state index in [1.807, 2.05) is 6.08 Å². The number of anilines is 2. The highest BCUT2D eigenvalue weighted by Crippen LogP contribution is 2.29. The zero-order chi connectivity index (χ0) is 26.4. The molecule has 37 heavy (non-hydrogen) atoms. The molecule has 2 atom stereocenters. The largest absolute Gasteiger partial charge is 0.481 e. The summed E-state index contributed by atoms with van der Waals surface area (Å²) in [5.41, 5.74) is 1.64. The second kappa shape index (κ2) is 11.8. The van der Waals surface area contributed by atoms with Gasteiger partial charge in [0.1, 0.15) is 0 Å². The molecular weight excluding hydrogens is 516 g/mol. The number of nitrogens with zero attached hydrogens (tertiary/aromatic N) is 2. The van der Waals surface area contributed by atoms with E-state index >= 15 is 0 Å². The summed E-state index contributed by atoms with van der Waals surface area (Å²) in [5.74, 6) is -2.79.